The molecule has 7 nitrogen and oxygen atoms in total. The van der Waals surface area contributed by atoms with Crippen LogP contribution in [0.4, 0.5) is 11.4 Å². The van der Waals surface area contributed by atoms with E-state index in [1.165, 1.54) is 7.11 Å². The van der Waals surface area contributed by atoms with Gasteiger partial charge in [0.15, 0.2) is 5.69 Å². The number of methoxy groups -OCH3 is 1. The lowest BCUT2D eigenvalue weighted by atomic mass is 10.2. The Hall–Kier alpha value is -2.98. The highest BCUT2D eigenvalue weighted by Crippen LogP contribution is 2.27. The van der Waals surface area contributed by atoms with E-state index in [-0.39, 0.29) is 16.9 Å². The van der Waals surface area contributed by atoms with E-state index in [0.29, 0.717) is 0 Å². The molecule has 1 aliphatic heterocycles. The zero-order chi connectivity index (χ0) is 17.1. The van der Waals surface area contributed by atoms with Gasteiger partial charge in [-0.25, -0.2) is 4.79 Å². The van der Waals surface area contributed by atoms with Crippen molar-refractivity contribution in [2.45, 2.75) is 0 Å². The van der Waals surface area contributed by atoms with Crippen molar-refractivity contribution in [3.05, 3.63) is 41.7 Å². The number of nitrogen functional groups attached to an aromatic ring is 1. The first kappa shape index (κ1) is 15.9. The predicted molar refractivity (Wildman–Crippen MR) is 91.3 cm³/mol. The molecule has 1 aromatic carbocycles. The topological polar surface area (TPSA) is 96.3 Å². The average molecular weight is 325 g/mol. The van der Waals surface area contributed by atoms with E-state index in [1.807, 2.05) is 30.3 Å². The van der Waals surface area contributed by atoms with E-state index in [4.69, 9.17) is 10.5 Å². The molecule has 2 heterocycles. The second kappa shape index (κ2) is 6.64. The van der Waals surface area contributed by atoms with Crippen molar-refractivity contribution in [2.75, 3.05) is 43.9 Å². The minimum atomic E-state index is -0.568. The van der Waals surface area contributed by atoms with Crippen molar-refractivity contribution in [3.63, 3.8) is 0 Å². The fourth-order valence-electron chi connectivity index (χ4n) is 2.88. The summed E-state index contributed by atoms with van der Waals surface area (Å²) in [5.74, 6) is -0.568. The van der Waals surface area contributed by atoms with Crippen molar-refractivity contribution < 1.29 is 9.53 Å². The molecule has 0 saturated carbocycles. The van der Waals surface area contributed by atoms with Gasteiger partial charge < -0.3 is 25.3 Å². The summed E-state index contributed by atoms with van der Waals surface area (Å²) in [5, 5.41) is 12.5. The molecule has 7 heteroatoms. The highest BCUT2D eigenvalue weighted by atomic mass is 16.5. The number of rotatable bonds is 3. The first-order chi connectivity index (χ1) is 11.7. The minimum Gasteiger partial charge on any atom is -0.464 e. The number of nitriles is 1. The van der Waals surface area contributed by atoms with Crippen LogP contribution in [0.15, 0.2) is 30.5 Å². The first-order valence-electron chi connectivity index (χ1n) is 7.71. The summed E-state index contributed by atoms with van der Waals surface area (Å²) in [5.41, 5.74) is 8.34. The highest BCUT2D eigenvalue weighted by Gasteiger charge is 2.22. The van der Waals surface area contributed by atoms with E-state index < -0.39 is 5.97 Å². The van der Waals surface area contributed by atoms with Crippen LogP contribution >= 0.6 is 0 Å². The molecule has 3 rings (SSSR count). The third-order valence-corrected chi connectivity index (χ3v) is 4.13. The molecule has 0 aliphatic carbocycles. The Balaban J connectivity index is 2.06. The van der Waals surface area contributed by atoms with Crippen LogP contribution in [0.3, 0.4) is 0 Å². The molecule has 0 spiro atoms. The molecule has 0 unspecified atom stereocenters. The second-order valence-corrected chi connectivity index (χ2v) is 5.54. The third-order valence-electron chi connectivity index (χ3n) is 4.13. The number of hydrogen-bond donors (Lipinski definition) is 2. The van der Waals surface area contributed by atoms with E-state index in [2.05, 4.69) is 10.2 Å². The Labute approximate surface area is 140 Å². The summed E-state index contributed by atoms with van der Waals surface area (Å²) in [6, 6.07) is 9.83. The van der Waals surface area contributed by atoms with Gasteiger partial charge in [-0.15, -0.1) is 0 Å². The molecule has 24 heavy (non-hydrogen) atoms. The van der Waals surface area contributed by atoms with E-state index >= 15 is 0 Å². The van der Waals surface area contributed by atoms with Gasteiger partial charge in [-0.05, 0) is 18.2 Å². The van der Waals surface area contributed by atoms with Crippen LogP contribution < -0.4 is 16.0 Å². The van der Waals surface area contributed by atoms with Gasteiger partial charge in [-0.1, -0.05) is 6.07 Å². The lowest BCUT2D eigenvalue weighted by molar-refractivity contribution is 0.0593. The number of nitrogens with two attached hydrogens (primary N) is 1. The molecule has 1 aliphatic rings. The number of nitrogens with one attached hydrogen (secondary N) is 1. The van der Waals surface area contributed by atoms with Crippen LogP contribution in [-0.4, -0.2) is 43.8 Å². The molecule has 1 fully saturated rings. The summed E-state index contributed by atoms with van der Waals surface area (Å²) < 4.78 is 6.43. The minimum absolute atomic E-state index is 0.136. The van der Waals surface area contributed by atoms with Crippen LogP contribution in [0.25, 0.3) is 5.69 Å². The number of anilines is 2. The molecule has 0 amide bonds. The SMILES string of the molecule is COC(=O)c1c(N)c(C#N)cn1-c1cccc(N2CCNCC2)c1. The van der Waals surface area contributed by atoms with Gasteiger partial charge >= 0.3 is 5.97 Å². The molecule has 124 valence electrons. The maximum absolute atomic E-state index is 12.1. The van der Waals surface area contributed by atoms with Gasteiger partial charge in [-0.2, -0.15) is 5.26 Å². The maximum atomic E-state index is 12.1. The summed E-state index contributed by atoms with van der Waals surface area (Å²) in [7, 11) is 1.29. The largest absolute Gasteiger partial charge is 0.464 e. The average Bonchev–Trinajstić information content (AvgIpc) is 2.98. The number of esters is 1. The van der Waals surface area contributed by atoms with Gasteiger partial charge in [-0.3, -0.25) is 0 Å². The zero-order valence-corrected chi connectivity index (χ0v) is 13.5. The maximum Gasteiger partial charge on any atom is 0.357 e. The summed E-state index contributed by atoms with van der Waals surface area (Å²) in [6.07, 6.45) is 1.57. The van der Waals surface area contributed by atoms with Crippen molar-refractivity contribution in [1.29, 1.82) is 5.26 Å². The van der Waals surface area contributed by atoms with Crippen molar-refractivity contribution >= 4 is 17.3 Å². The number of ether oxygens (including phenoxy) is 1. The Morgan fingerprint density at radius 3 is 2.71 bits per heavy atom. The van der Waals surface area contributed by atoms with Crippen LogP contribution in [-0.2, 0) is 4.74 Å². The number of hydrogen-bond acceptors (Lipinski definition) is 6. The van der Waals surface area contributed by atoms with Crippen LogP contribution in [0.2, 0.25) is 0 Å². The van der Waals surface area contributed by atoms with E-state index in [9.17, 15) is 10.1 Å². The highest BCUT2D eigenvalue weighted by molar-refractivity contribution is 5.96. The Bertz CT molecular complexity index is 800. The van der Waals surface area contributed by atoms with Gasteiger partial charge in [0.25, 0.3) is 0 Å². The summed E-state index contributed by atoms with van der Waals surface area (Å²) in [6.45, 7) is 3.72. The van der Waals surface area contributed by atoms with E-state index in [1.54, 1.807) is 10.8 Å². The van der Waals surface area contributed by atoms with Crippen LogP contribution in [0.5, 0.6) is 0 Å². The third kappa shape index (κ3) is 2.79. The number of carbonyl (C=O) groups is 1. The Morgan fingerprint density at radius 1 is 1.33 bits per heavy atom. The van der Waals surface area contributed by atoms with Gasteiger partial charge in [0.1, 0.15) is 6.07 Å². The number of carbonyl (C=O) groups excluding carboxylic acids is 1. The first-order valence-corrected chi connectivity index (χ1v) is 7.71. The molecule has 3 N–H and O–H groups in total. The molecular weight excluding hydrogens is 306 g/mol. The van der Waals surface area contributed by atoms with Crippen molar-refractivity contribution in [2.24, 2.45) is 0 Å². The number of piperazine rings is 1. The quantitative estimate of drug-likeness (QED) is 0.821. The fourth-order valence-corrected chi connectivity index (χ4v) is 2.88. The van der Waals surface area contributed by atoms with Gasteiger partial charge in [0, 0.05) is 43.8 Å². The monoisotopic (exact) mass is 325 g/mol. The molecule has 1 saturated heterocycles. The summed E-state index contributed by atoms with van der Waals surface area (Å²) in [4.78, 5) is 14.4. The number of benzene rings is 1. The standard InChI is InChI=1S/C17H19N5O2/c1-24-17(23)16-15(19)12(10-18)11-22(16)14-4-2-3-13(9-14)21-7-5-20-6-8-21/h2-4,9,11,20H,5-8,19H2,1H3. The summed E-state index contributed by atoms with van der Waals surface area (Å²) >= 11 is 0. The lowest BCUT2D eigenvalue weighted by Gasteiger charge is -2.29. The molecule has 0 bridgehead atoms. The van der Waals surface area contributed by atoms with Crippen molar-refractivity contribution in [1.82, 2.24) is 9.88 Å². The normalized spacial score (nSPS) is 14.2. The van der Waals surface area contributed by atoms with Crippen LogP contribution in [0.1, 0.15) is 16.1 Å². The second-order valence-electron chi connectivity index (χ2n) is 5.54. The van der Waals surface area contributed by atoms with Gasteiger partial charge in [0.05, 0.1) is 18.4 Å². The Morgan fingerprint density at radius 2 is 2.04 bits per heavy atom. The molecule has 1 aromatic heterocycles. The zero-order valence-electron chi connectivity index (χ0n) is 13.5. The Kier molecular flexibility index (Phi) is 4.40. The van der Waals surface area contributed by atoms with Gasteiger partial charge in [0.2, 0.25) is 0 Å². The molecule has 2 aromatic rings. The fraction of sp³-hybridized carbons (Fsp3) is 0.294. The molecular formula is C17H19N5O2. The predicted octanol–water partition coefficient (Wildman–Crippen LogP) is 1.13. The number of aromatic nitrogens is 1. The number of nitrogens with zero attached hydrogens (tertiary/aromatic N) is 3. The van der Waals surface area contributed by atoms with E-state index in [0.717, 1.165) is 37.6 Å². The smallest absolute Gasteiger partial charge is 0.357 e. The molecule has 0 atom stereocenters. The molecule has 0 radical (unpaired) electrons. The lowest BCUT2D eigenvalue weighted by Crippen LogP contribution is -2.43. The van der Waals surface area contributed by atoms with Crippen LogP contribution in [0, 0.1) is 11.3 Å². The van der Waals surface area contributed by atoms with Crippen molar-refractivity contribution in [3.8, 4) is 11.8 Å².